The van der Waals surface area contributed by atoms with Crippen molar-refractivity contribution in [3.63, 3.8) is 0 Å². The molecule has 35 heavy (non-hydrogen) atoms. The molecule has 0 amide bonds. The minimum absolute atomic E-state index is 0.0756. The zero-order chi connectivity index (χ0) is 24.2. The molecule has 0 bridgehead atoms. The largest absolute Gasteiger partial charge is 0.395 e. The molecular formula is C29H33N3O3. The number of piperazine rings is 1. The van der Waals surface area contributed by atoms with E-state index in [1.807, 2.05) is 24.3 Å². The number of hydrogen-bond acceptors (Lipinski definition) is 6. The van der Waals surface area contributed by atoms with Crippen molar-refractivity contribution in [1.82, 2.24) is 15.1 Å². The zero-order valence-corrected chi connectivity index (χ0v) is 20.1. The summed E-state index contributed by atoms with van der Waals surface area (Å²) in [7, 11) is 0. The summed E-state index contributed by atoms with van der Waals surface area (Å²) in [5.41, 5.74) is 1.42. The van der Waals surface area contributed by atoms with Crippen molar-refractivity contribution in [2.24, 2.45) is 0 Å². The van der Waals surface area contributed by atoms with E-state index in [0.29, 0.717) is 25.0 Å². The molecule has 1 aliphatic heterocycles. The maximum atomic E-state index is 13.1. The van der Waals surface area contributed by atoms with Crippen LogP contribution >= 0.6 is 0 Å². The van der Waals surface area contributed by atoms with Crippen LogP contribution in [0.15, 0.2) is 66.4 Å². The first-order valence-corrected chi connectivity index (χ1v) is 12.6. The normalized spacial score (nSPS) is 20.0. The van der Waals surface area contributed by atoms with Gasteiger partial charge >= 0.3 is 0 Å². The fourth-order valence-corrected chi connectivity index (χ4v) is 5.52. The minimum Gasteiger partial charge on any atom is -0.395 e. The average molecular weight is 472 g/mol. The third-order valence-corrected chi connectivity index (χ3v) is 7.39. The van der Waals surface area contributed by atoms with E-state index in [0.717, 1.165) is 66.4 Å². The number of nitrogens with zero attached hydrogens (tertiary/aromatic N) is 2. The van der Waals surface area contributed by atoms with Crippen molar-refractivity contribution in [3.8, 4) is 0 Å². The second kappa shape index (κ2) is 10.7. The van der Waals surface area contributed by atoms with E-state index in [1.165, 1.54) is 0 Å². The molecule has 3 aromatic carbocycles. The first-order valence-electron chi connectivity index (χ1n) is 12.6. The molecule has 2 N–H and O–H groups in total. The van der Waals surface area contributed by atoms with Gasteiger partial charge in [0.1, 0.15) is 0 Å². The van der Waals surface area contributed by atoms with Gasteiger partial charge in [0.2, 0.25) is 0 Å². The van der Waals surface area contributed by atoms with Crippen LogP contribution in [-0.4, -0.2) is 78.9 Å². The fraction of sp³-hybridized carbons (Fsp3) is 0.379. The van der Waals surface area contributed by atoms with Gasteiger partial charge in [0, 0.05) is 64.9 Å². The van der Waals surface area contributed by atoms with Gasteiger partial charge in [0.25, 0.3) is 0 Å². The molecule has 2 fully saturated rings. The van der Waals surface area contributed by atoms with Gasteiger partial charge in [-0.3, -0.25) is 19.4 Å². The molecule has 0 spiro atoms. The Morgan fingerprint density at radius 3 is 1.94 bits per heavy atom. The third kappa shape index (κ3) is 5.15. The Kier molecular flexibility index (Phi) is 7.23. The molecule has 0 aromatic heterocycles. The summed E-state index contributed by atoms with van der Waals surface area (Å²) in [6.07, 6.45) is 2.35. The predicted octanol–water partition coefficient (Wildman–Crippen LogP) is 3.09. The quantitative estimate of drug-likeness (QED) is 0.239. The first-order chi connectivity index (χ1) is 17.1. The molecule has 5 rings (SSSR count). The molecule has 0 unspecified atom stereocenters. The van der Waals surface area contributed by atoms with Crippen LogP contribution in [0.25, 0.3) is 21.5 Å². The number of ketones is 2. The molecule has 1 aliphatic carbocycles. The van der Waals surface area contributed by atoms with Crippen LogP contribution in [-0.2, 0) is 9.59 Å². The smallest absolute Gasteiger partial charge is 0.168 e. The Balaban J connectivity index is 1.26. The molecule has 1 saturated heterocycles. The van der Waals surface area contributed by atoms with Gasteiger partial charge in [0.15, 0.2) is 11.6 Å². The van der Waals surface area contributed by atoms with Crippen LogP contribution in [0.4, 0.5) is 0 Å². The lowest BCUT2D eigenvalue weighted by atomic mass is 9.77. The zero-order valence-electron chi connectivity index (χ0n) is 20.1. The number of fused-ring (bicyclic) bond motifs is 2. The number of aliphatic hydroxyl groups excluding tert-OH is 1. The van der Waals surface area contributed by atoms with Crippen molar-refractivity contribution < 1.29 is 14.7 Å². The van der Waals surface area contributed by atoms with Crippen molar-refractivity contribution in [2.75, 3.05) is 52.4 Å². The highest BCUT2D eigenvalue weighted by molar-refractivity contribution is 6.22. The lowest BCUT2D eigenvalue weighted by Crippen LogP contribution is -2.48. The van der Waals surface area contributed by atoms with Crippen LogP contribution in [0.3, 0.4) is 0 Å². The van der Waals surface area contributed by atoms with E-state index in [2.05, 4.69) is 45.4 Å². The van der Waals surface area contributed by atoms with Crippen molar-refractivity contribution in [2.45, 2.75) is 18.8 Å². The molecule has 1 heterocycles. The molecule has 6 nitrogen and oxygen atoms in total. The number of allylic oxidation sites excluding steroid dienone is 1. The van der Waals surface area contributed by atoms with Crippen molar-refractivity contribution >= 4 is 33.1 Å². The highest BCUT2D eigenvalue weighted by Crippen LogP contribution is 2.40. The van der Waals surface area contributed by atoms with Gasteiger partial charge in [-0.05, 0) is 39.1 Å². The van der Waals surface area contributed by atoms with E-state index >= 15 is 0 Å². The fourth-order valence-electron chi connectivity index (χ4n) is 5.52. The second-order valence-electron chi connectivity index (χ2n) is 9.60. The molecule has 1 saturated carbocycles. The van der Waals surface area contributed by atoms with E-state index < -0.39 is 0 Å². The Labute approximate surface area is 206 Å². The average Bonchev–Trinajstić information content (AvgIpc) is 2.87. The summed E-state index contributed by atoms with van der Waals surface area (Å²) in [6.45, 7) is 6.36. The Morgan fingerprint density at radius 2 is 1.37 bits per heavy atom. The van der Waals surface area contributed by atoms with E-state index in [-0.39, 0.29) is 24.1 Å². The van der Waals surface area contributed by atoms with Gasteiger partial charge in [-0.1, -0.05) is 48.5 Å². The standard InChI is InChI=1S/C29H33N3O3/c33-16-15-32-13-11-31(12-14-32)10-9-30-20-26-27(34)18-23(19-28(26)35)29-24-7-3-1-5-21(24)17-22-6-2-4-8-25(22)29/h1-8,17,20,23,30,33H,9-16,18-19H2. The summed E-state index contributed by atoms with van der Waals surface area (Å²) in [4.78, 5) is 30.8. The summed E-state index contributed by atoms with van der Waals surface area (Å²) in [6, 6.07) is 18.7. The third-order valence-electron chi connectivity index (χ3n) is 7.39. The van der Waals surface area contributed by atoms with Crippen LogP contribution in [0, 0.1) is 0 Å². The number of aliphatic hydroxyl groups is 1. The topological polar surface area (TPSA) is 72.9 Å². The maximum absolute atomic E-state index is 13.1. The van der Waals surface area contributed by atoms with E-state index in [9.17, 15) is 9.59 Å². The van der Waals surface area contributed by atoms with Crippen LogP contribution < -0.4 is 5.32 Å². The summed E-state index contributed by atoms with van der Waals surface area (Å²) in [5, 5.41) is 16.8. The van der Waals surface area contributed by atoms with Crippen LogP contribution in [0.5, 0.6) is 0 Å². The van der Waals surface area contributed by atoms with E-state index in [4.69, 9.17) is 5.11 Å². The number of benzene rings is 3. The number of β-amino-alcohol motifs (C(OH)–C–C–N with tert-alkyl or cyclic N) is 1. The van der Waals surface area contributed by atoms with Crippen LogP contribution in [0.1, 0.15) is 24.3 Å². The molecule has 0 radical (unpaired) electrons. The molecule has 182 valence electrons. The molecule has 6 heteroatoms. The van der Waals surface area contributed by atoms with Gasteiger partial charge < -0.3 is 10.4 Å². The summed E-state index contributed by atoms with van der Waals surface area (Å²) >= 11 is 0. The number of rotatable bonds is 7. The molecular weight excluding hydrogens is 438 g/mol. The number of carbonyl (C=O) groups is 2. The summed E-state index contributed by atoms with van der Waals surface area (Å²) < 4.78 is 0. The molecule has 0 atom stereocenters. The highest BCUT2D eigenvalue weighted by atomic mass is 16.3. The lowest BCUT2D eigenvalue weighted by Gasteiger charge is -2.34. The Bertz CT molecular complexity index is 1190. The van der Waals surface area contributed by atoms with Gasteiger partial charge in [-0.2, -0.15) is 0 Å². The Hall–Kier alpha value is -3.06. The second-order valence-corrected chi connectivity index (χ2v) is 9.60. The Morgan fingerprint density at radius 1 is 0.829 bits per heavy atom. The predicted molar refractivity (Wildman–Crippen MR) is 139 cm³/mol. The van der Waals surface area contributed by atoms with Crippen LogP contribution in [0.2, 0.25) is 0 Å². The molecule has 2 aliphatic rings. The monoisotopic (exact) mass is 471 g/mol. The van der Waals surface area contributed by atoms with Gasteiger partial charge in [-0.15, -0.1) is 0 Å². The van der Waals surface area contributed by atoms with E-state index in [1.54, 1.807) is 6.20 Å². The minimum atomic E-state index is -0.113. The SMILES string of the molecule is O=C1CC(c2c3ccccc3cc3ccccc23)CC(=O)C1=CNCCN1CCN(CCO)CC1. The number of Topliss-reactive ketones (excluding diaryl/α,β-unsaturated/α-hetero) is 2. The first kappa shape index (κ1) is 23.7. The number of hydrogen-bond donors (Lipinski definition) is 2. The molecule has 3 aromatic rings. The maximum Gasteiger partial charge on any atom is 0.168 e. The number of carbonyl (C=O) groups excluding carboxylic acids is 2. The van der Waals surface area contributed by atoms with Gasteiger partial charge in [-0.25, -0.2) is 0 Å². The summed E-state index contributed by atoms with van der Waals surface area (Å²) in [5.74, 6) is -0.264. The number of nitrogens with one attached hydrogen (secondary N) is 1. The lowest BCUT2D eigenvalue weighted by molar-refractivity contribution is -0.124. The van der Waals surface area contributed by atoms with Crippen molar-refractivity contribution in [1.29, 1.82) is 0 Å². The van der Waals surface area contributed by atoms with Crippen molar-refractivity contribution in [3.05, 3.63) is 71.9 Å². The highest BCUT2D eigenvalue weighted by Gasteiger charge is 2.33. The van der Waals surface area contributed by atoms with Gasteiger partial charge in [0.05, 0.1) is 12.2 Å².